The number of carbonyl (C=O) groups excluding carboxylic acids is 1. The number of benzene rings is 2. The van der Waals surface area contributed by atoms with Gasteiger partial charge >= 0.3 is 12.3 Å². The second kappa shape index (κ2) is 9.30. The van der Waals surface area contributed by atoms with Crippen LogP contribution in [0.2, 0.25) is 0 Å². The molecule has 1 amide bonds. The predicted octanol–water partition coefficient (Wildman–Crippen LogP) is 2.26. The molecule has 0 bridgehead atoms. The number of nitrogens with one attached hydrogen (secondary N) is 1. The fourth-order valence-corrected chi connectivity index (χ4v) is 3.69. The number of fused-ring (bicyclic) bond motifs is 1. The average molecular weight is 469 g/mol. The predicted molar refractivity (Wildman–Crippen MR) is 121 cm³/mol. The van der Waals surface area contributed by atoms with E-state index in [2.05, 4.69) is 15.0 Å². The van der Waals surface area contributed by atoms with Crippen molar-refractivity contribution in [2.45, 2.75) is 19.6 Å². The Morgan fingerprint density at radius 3 is 2.53 bits per heavy atom. The Kier molecular flexibility index (Phi) is 6.26. The van der Waals surface area contributed by atoms with Gasteiger partial charge in [-0.05, 0) is 23.8 Å². The summed E-state index contributed by atoms with van der Waals surface area (Å²) in [5.74, 6) is -0.453. The smallest absolute Gasteiger partial charge is 0.387 e. The van der Waals surface area contributed by atoms with Crippen molar-refractivity contribution in [1.82, 2.24) is 18.7 Å². The number of imidazole rings is 1. The highest BCUT2D eigenvalue weighted by Gasteiger charge is 2.17. The maximum absolute atomic E-state index is 12.9. The van der Waals surface area contributed by atoms with Crippen LogP contribution in [0.5, 0.6) is 5.75 Å². The molecule has 0 aliphatic rings. The maximum Gasteiger partial charge on any atom is 0.387 e. The molecule has 2 aromatic heterocycles. The van der Waals surface area contributed by atoms with Gasteiger partial charge in [0.1, 0.15) is 12.3 Å². The van der Waals surface area contributed by atoms with Crippen molar-refractivity contribution in [3.63, 3.8) is 0 Å². The molecule has 0 fully saturated rings. The Morgan fingerprint density at radius 2 is 1.82 bits per heavy atom. The number of halogens is 2. The van der Waals surface area contributed by atoms with E-state index < -0.39 is 23.8 Å². The first-order valence-corrected chi connectivity index (χ1v) is 10.3. The zero-order chi connectivity index (χ0) is 24.4. The first kappa shape index (κ1) is 22.9. The monoisotopic (exact) mass is 469 g/mol. The first-order valence-electron chi connectivity index (χ1n) is 10.3. The van der Waals surface area contributed by atoms with E-state index in [-0.39, 0.29) is 23.5 Å². The number of anilines is 1. The van der Waals surface area contributed by atoms with Crippen molar-refractivity contribution in [1.29, 1.82) is 0 Å². The van der Waals surface area contributed by atoms with E-state index in [1.54, 1.807) is 6.07 Å². The van der Waals surface area contributed by atoms with E-state index in [9.17, 15) is 23.2 Å². The Hall–Kier alpha value is -4.28. The SMILES string of the molecule is Cn1c(=O)c2c(ncn2CC(=O)Nc2ccc(OC(F)F)c(Cc3ccccc3)c2)n(C)c1=O. The van der Waals surface area contributed by atoms with Crippen molar-refractivity contribution in [2.75, 3.05) is 5.32 Å². The normalized spacial score (nSPS) is 11.2. The highest BCUT2D eigenvalue weighted by Crippen LogP contribution is 2.27. The lowest BCUT2D eigenvalue weighted by atomic mass is 10.0. The van der Waals surface area contributed by atoms with E-state index in [4.69, 9.17) is 0 Å². The van der Waals surface area contributed by atoms with Gasteiger partial charge in [0.05, 0.1) is 6.33 Å². The van der Waals surface area contributed by atoms with Crippen LogP contribution in [-0.2, 0) is 31.9 Å². The van der Waals surface area contributed by atoms with Crippen molar-refractivity contribution >= 4 is 22.8 Å². The molecular weight excluding hydrogens is 448 g/mol. The lowest BCUT2D eigenvalue weighted by Crippen LogP contribution is -2.37. The summed E-state index contributed by atoms with van der Waals surface area (Å²) in [6.45, 7) is -3.23. The number of ether oxygens (including phenoxy) is 1. The van der Waals surface area contributed by atoms with Gasteiger partial charge in [0.2, 0.25) is 5.91 Å². The molecule has 0 atom stereocenters. The second-order valence-electron chi connectivity index (χ2n) is 7.66. The molecule has 4 aromatic rings. The molecule has 4 rings (SSSR count). The summed E-state index contributed by atoms with van der Waals surface area (Å²) in [6, 6.07) is 13.6. The van der Waals surface area contributed by atoms with Gasteiger partial charge < -0.3 is 14.6 Å². The number of aryl methyl sites for hydroxylation is 1. The van der Waals surface area contributed by atoms with Gasteiger partial charge in [-0.15, -0.1) is 0 Å². The Bertz CT molecular complexity index is 1470. The average Bonchev–Trinajstić information content (AvgIpc) is 3.22. The third kappa shape index (κ3) is 4.58. The number of rotatable bonds is 7. The summed E-state index contributed by atoms with van der Waals surface area (Å²) in [7, 11) is 2.83. The number of hydrogen-bond donors (Lipinski definition) is 1. The minimum Gasteiger partial charge on any atom is -0.435 e. The summed E-state index contributed by atoms with van der Waals surface area (Å²) in [6.07, 6.45) is 1.63. The second-order valence-corrected chi connectivity index (χ2v) is 7.66. The quantitative estimate of drug-likeness (QED) is 0.448. The van der Waals surface area contributed by atoms with Crippen LogP contribution in [-0.4, -0.2) is 31.2 Å². The molecule has 0 unspecified atom stereocenters. The molecular formula is C23H21F2N5O4. The van der Waals surface area contributed by atoms with Crippen LogP contribution >= 0.6 is 0 Å². The molecule has 0 radical (unpaired) electrons. The van der Waals surface area contributed by atoms with Crippen molar-refractivity contribution in [2.24, 2.45) is 14.1 Å². The first-order chi connectivity index (χ1) is 16.2. The molecule has 9 nitrogen and oxygen atoms in total. The van der Waals surface area contributed by atoms with E-state index in [1.807, 2.05) is 30.3 Å². The standard InChI is InChI=1S/C23H21F2N5O4/c1-28-20-19(21(32)29(2)23(28)33)30(13-26-20)12-18(31)27-16-8-9-17(34-22(24)25)15(11-16)10-14-6-4-3-5-7-14/h3-9,11,13,22H,10,12H2,1-2H3,(H,27,31). The van der Waals surface area contributed by atoms with Crippen LogP contribution < -0.4 is 21.3 Å². The van der Waals surface area contributed by atoms with E-state index >= 15 is 0 Å². The van der Waals surface area contributed by atoms with Gasteiger partial charge in [0.25, 0.3) is 5.56 Å². The Labute approximate surface area is 191 Å². The summed E-state index contributed by atoms with van der Waals surface area (Å²) in [5, 5.41) is 2.70. The molecule has 2 heterocycles. The van der Waals surface area contributed by atoms with Crippen LogP contribution in [0.15, 0.2) is 64.4 Å². The maximum atomic E-state index is 12.9. The lowest BCUT2D eigenvalue weighted by molar-refractivity contribution is -0.116. The number of hydrogen-bond acceptors (Lipinski definition) is 5. The largest absolute Gasteiger partial charge is 0.435 e. The third-order valence-corrected chi connectivity index (χ3v) is 5.33. The summed E-state index contributed by atoms with van der Waals surface area (Å²) in [4.78, 5) is 41.4. The number of carbonyl (C=O) groups is 1. The van der Waals surface area contributed by atoms with E-state index in [0.717, 1.165) is 10.1 Å². The topological polar surface area (TPSA) is 100 Å². The Balaban J connectivity index is 1.59. The summed E-state index contributed by atoms with van der Waals surface area (Å²) in [5.41, 5.74) is 0.927. The molecule has 0 saturated carbocycles. The van der Waals surface area contributed by atoms with Gasteiger partial charge in [-0.1, -0.05) is 30.3 Å². The van der Waals surface area contributed by atoms with Gasteiger partial charge in [-0.25, -0.2) is 9.78 Å². The molecule has 0 saturated heterocycles. The van der Waals surface area contributed by atoms with Crippen molar-refractivity contribution in [3.05, 3.63) is 86.8 Å². The van der Waals surface area contributed by atoms with Crippen molar-refractivity contribution < 1.29 is 18.3 Å². The molecule has 0 spiro atoms. The highest BCUT2D eigenvalue weighted by molar-refractivity contribution is 5.91. The van der Waals surface area contributed by atoms with Crippen LogP contribution in [0, 0.1) is 0 Å². The number of amides is 1. The minimum atomic E-state index is -2.98. The zero-order valence-electron chi connectivity index (χ0n) is 18.4. The number of alkyl halides is 2. The van der Waals surface area contributed by atoms with E-state index in [1.165, 1.54) is 41.7 Å². The third-order valence-electron chi connectivity index (χ3n) is 5.33. The molecule has 0 aliphatic carbocycles. The zero-order valence-corrected chi connectivity index (χ0v) is 18.4. The number of aromatic nitrogens is 4. The number of nitrogens with zero attached hydrogens (tertiary/aromatic N) is 4. The molecule has 11 heteroatoms. The van der Waals surface area contributed by atoms with Crippen molar-refractivity contribution in [3.8, 4) is 5.75 Å². The van der Waals surface area contributed by atoms with Crippen LogP contribution in [0.3, 0.4) is 0 Å². The molecule has 2 aromatic carbocycles. The molecule has 0 aliphatic heterocycles. The minimum absolute atomic E-state index is 0.0156. The lowest BCUT2D eigenvalue weighted by Gasteiger charge is -2.14. The Morgan fingerprint density at radius 1 is 1.09 bits per heavy atom. The van der Waals surface area contributed by atoms with Gasteiger partial charge in [-0.2, -0.15) is 8.78 Å². The molecule has 1 N–H and O–H groups in total. The summed E-state index contributed by atoms with van der Waals surface area (Å²) < 4.78 is 33.9. The van der Waals surface area contributed by atoms with Crippen LogP contribution in [0.1, 0.15) is 11.1 Å². The van der Waals surface area contributed by atoms with Gasteiger partial charge in [0.15, 0.2) is 11.2 Å². The molecule has 34 heavy (non-hydrogen) atoms. The fourth-order valence-electron chi connectivity index (χ4n) is 3.69. The van der Waals surface area contributed by atoms with Gasteiger partial charge in [0, 0.05) is 31.8 Å². The van der Waals surface area contributed by atoms with Crippen LogP contribution in [0.25, 0.3) is 11.2 Å². The summed E-state index contributed by atoms with van der Waals surface area (Å²) >= 11 is 0. The molecule has 176 valence electrons. The highest BCUT2D eigenvalue weighted by atomic mass is 19.3. The van der Waals surface area contributed by atoms with E-state index in [0.29, 0.717) is 17.7 Å². The fraction of sp³-hybridized carbons (Fsp3) is 0.217. The van der Waals surface area contributed by atoms with Crippen LogP contribution in [0.4, 0.5) is 14.5 Å². The van der Waals surface area contributed by atoms with Gasteiger partial charge in [-0.3, -0.25) is 18.7 Å².